The van der Waals surface area contributed by atoms with Crippen LogP contribution in [0.15, 0.2) is 48.6 Å². The summed E-state index contributed by atoms with van der Waals surface area (Å²) in [6, 6.07) is 10.00. The molecular formula is C12H14N2. The number of nitrogens with one attached hydrogen (secondary N) is 1. The third-order valence-corrected chi connectivity index (χ3v) is 1.87. The summed E-state index contributed by atoms with van der Waals surface area (Å²) in [6.07, 6.45) is 6.66. The minimum Gasteiger partial charge on any atom is -0.326 e. The highest BCUT2D eigenvalue weighted by Gasteiger charge is 1.95. The van der Waals surface area contributed by atoms with Gasteiger partial charge in [-0.25, -0.2) is 0 Å². The van der Waals surface area contributed by atoms with Crippen LogP contribution in [0, 0.1) is 5.41 Å². The lowest BCUT2D eigenvalue weighted by molar-refractivity contribution is 1.26. The van der Waals surface area contributed by atoms with Gasteiger partial charge in [0, 0.05) is 12.8 Å². The fourth-order valence-corrected chi connectivity index (χ4v) is 1.16. The second-order valence-electron chi connectivity index (χ2n) is 2.81. The normalized spacial score (nSPS) is 11.9. The third-order valence-electron chi connectivity index (χ3n) is 1.87. The molecule has 0 radical (unpaired) electrons. The first-order valence-electron chi connectivity index (χ1n) is 4.50. The summed E-state index contributed by atoms with van der Waals surface area (Å²) in [5.74, 6) is 0. The molecule has 0 spiro atoms. The highest BCUT2D eigenvalue weighted by atomic mass is 14.5. The Morgan fingerprint density at radius 2 is 1.93 bits per heavy atom. The van der Waals surface area contributed by atoms with Gasteiger partial charge in [0.25, 0.3) is 0 Å². The van der Waals surface area contributed by atoms with Crippen LogP contribution in [-0.4, -0.2) is 12.8 Å². The first-order valence-corrected chi connectivity index (χ1v) is 4.50. The molecule has 0 aromatic heterocycles. The summed E-state index contributed by atoms with van der Waals surface area (Å²) in [4.78, 5) is 0. The lowest BCUT2D eigenvalue weighted by Gasteiger charge is -2.02. The molecule has 2 nitrogen and oxygen atoms in total. The Labute approximate surface area is 84.3 Å². The molecular weight excluding hydrogens is 172 g/mol. The first kappa shape index (κ1) is 10.4. The van der Waals surface area contributed by atoms with Crippen LogP contribution in [0.3, 0.4) is 0 Å². The zero-order valence-electron chi connectivity index (χ0n) is 7.98. The SMILES string of the molecule is N=C/C=C/C=C(\CN)c1ccccc1. The number of rotatable bonds is 4. The fourth-order valence-electron chi connectivity index (χ4n) is 1.16. The second kappa shape index (κ2) is 5.89. The number of benzene rings is 1. The minimum absolute atomic E-state index is 0.506. The van der Waals surface area contributed by atoms with E-state index in [1.807, 2.05) is 42.5 Å². The zero-order chi connectivity index (χ0) is 10.2. The van der Waals surface area contributed by atoms with Gasteiger partial charge in [0.15, 0.2) is 0 Å². The molecule has 1 aromatic rings. The van der Waals surface area contributed by atoms with Gasteiger partial charge in [-0.3, -0.25) is 0 Å². The molecule has 3 N–H and O–H groups in total. The van der Waals surface area contributed by atoms with E-state index in [1.165, 1.54) is 6.21 Å². The van der Waals surface area contributed by atoms with E-state index >= 15 is 0 Å². The molecule has 0 saturated heterocycles. The summed E-state index contributed by atoms with van der Waals surface area (Å²) in [7, 11) is 0. The number of nitrogens with two attached hydrogens (primary N) is 1. The maximum atomic E-state index is 6.84. The molecule has 0 fully saturated rings. The molecule has 0 aliphatic rings. The van der Waals surface area contributed by atoms with Crippen molar-refractivity contribution in [2.45, 2.75) is 0 Å². The van der Waals surface area contributed by atoms with Gasteiger partial charge in [-0.2, -0.15) is 0 Å². The van der Waals surface area contributed by atoms with E-state index < -0.39 is 0 Å². The van der Waals surface area contributed by atoms with Gasteiger partial charge in [0.1, 0.15) is 0 Å². The van der Waals surface area contributed by atoms with Gasteiger partial charge in [0.2, 0.25) is 0 Å². The number of hydrogen-bond donors (Lipinski definition) is 2. The third kappa shape index (κ3) is 2.99. The Morgan fingerprint density at radius 3 is 2.50 bits per heavy atom. The van der Waals surface area contributed by atoms with Crippen molar-refractivity contribution in [3.63, 3.8) is 0 Å². The van der Waals surface area contributed by atoms with Gasteiger partial charge in [-0.1, -0.05) is 42.5 Å². The smallest absolute Gasteiger partial charge is 0.0184 e. The molecule has 0 heterocycles. The van der Waals surface area contributed by atoms with Crippen molar-refractivity contribution in [1.82, 2.24) is 0 Å². The summed E-state index contributed by atoms with van der Waals surface area (Å²) >= 11 is 0. The predicted octanol–water partition coefficient (Wildman–Crippen LogP) is 2.23. The molecule has 0 amide bonds. The van der Waals surface area contributed by atoms with Crippen molar-refractivity contribution in [2.24, 2.45) is 5.73 Å². The van der Waals surface area contributed by atoms with E-state index in [9.17, 15) is 0 Å². The van der Waals surface area contributed by atoms with Crippen LogP contribution in [0.1, 0.15) is 5.56 Å². The molecule has 0 unspecified atom stereocenters. The van der Waals surface area contributed by atoms with Crippen molar-refractivity contribution >= 4 is 11.8 Å². The predicted molar refractivity (Wildman–Crippen MR) is 61.4 cm³/mol. The van der Waals surface area contributed by atoms with Crippen LogP contribution in [0.4, 0.5) is 0 Å². The maximum absolute atomic E-state index is 6.84. The molecule has 0 saturated carbocycles. The first-order chi connectivity index (χ1) is 6.88. The van der Waals surface area contributed by atoms with Crippen molar-refractivity contribution in [3.05, 3.63) is 54.1 Å². The largest absolute Gasteiger partial charge is 0.326 e. The van der Waals surface area contributed by atoms with Crippen LogP contribution in [0.2, 0.25) is 0 Å². The topological polar surface area (TPSA) is 49.9 Å². The molecule has 14 heavy (non-hydrogen) atoms. The van der Waals surface area contributed by atoms with E-state index in [2.05, 4.69) is 0 Å². The molecule has 72 valence electrons. The van der Waals surface area contributed by atoms with E-state index in [0.717, 1.165) is 11.1 Å². The van der Waals surface area contributed by atoms with Gasteiger partial charge in [-0.15, -0.1) is 0 Å². The molecule has 1 rings (SSSR count). The Hall–Kier alpha value is -1.67. The van der Waals surface area contributed by atoms with Crippen LogP contribution in [0.5, 0.6) is 0 Å². The summed E-state index contributed by atoms with van der Waals surface area (Å²) in [5.41, 5.74) is 7.83. The second-order valence-corrected chi connectivity index (χ2v) is 2.81. The Bertz CT molecular complexity index is 337. The minimum atomic E-state index is 0.506. The average molecular weight is 186 g/mol. The van der Waals surface area contributed by atoms with Gasteiger partial charge >= 0.3 is 0 Å². The summed E-state index contributed by atoms with van der Waals surface area (Å²) in [5, 5.41) is 6.84. The number of allylic oxidation sites excluding steroid dienone is 3. The van der Waals surface area contributed by atoms with Crippen molar-refractivity contribution < 1.29 is 0 Å². The lowest BCUT2D eigenvalue weighted by Crippen LogP contribution is -2.01. The fraction of sp³-hybridized carbons (Fsp3) is 0.0833. The van der Waals surface area contributed by atoms with Crippen LogP contribution in [-0.2, 0) is 0 Å². The van der Waals surface area contributed by atoms with E-state index in [0.29, 0.717) is 6.54 Å². The Kier molecular flexibility index (Phi) is 4.38. The molecule has 0 bridgehead atoms. The van der Waals surface area contributed by atoms with Gasteiger partial charge in [0.05, 0.1) is 0 Å². The van der Waals surface area contributed by atoms with Gasteiger partial charge in [-0.05, 0) is 17.2 Å². The molecule has 2 heteroatoms. The maximum Gasteiger partial charge on any atom is 0.0184 e. The molecule has 1 aromatic carbocycles. The molecule has 0 aliphatic heterocycles. The lowest BCUT2D eigenvalue weighted by atomic mass is 10.1. The van der Waals surface area contributed by atoms with Gasteiger partial charge < -0.3 is 11.1 Å². The summed E-state index contributed by atoms with van der Waals surface area (Å²) < 4.78 is 0. The standard InChI is InChI=1S/C12H14N2/c13-9-5-4-8-12(10-14)11-6-2-1-3-7-11/h1-9,13H,10,14H2/b5-4+,12-8+,13-9?. The monoisotopic (exact) mass is 186 g/mol. The van der Waals surface area contributed by atoms with Crippen molar-refractivity contribution in [1.29, 1.82) is 5.41 Å². The Balaban J connectivity index is 2.87. The summed E-state index contributed by atoms with van der Waals surface area (Å²) in [6.45, 7) is 0.506. The molecule has 0 atom stereocenters. The average Bonchev–Trinajstić information content (AvgIpc) is 2.26. The highest BCUT2D eigenvalue weighted by Crippen LogP contribution is 2.11. The van der Waals surface area contributed by atoms with Crippen LogP contribution < -0.4 is 5.73 Å². The van der Waals surface area contributed by atoms with Crippen LogP contribution in [0.25, 0.3) is 5.57 Å². The van der Waals surface area contributed by atoms with Crippen molar-refractivity contribution in [2.75, 3.05) is 6.54 Å². The quantitative estimate of drug-likeness (QED) is 0.550. The Morgan fingerprint density at radius 1 is 1.21 bits per heavy atom. The zero-order valence-corrected chi connectivity index (χ0v) is 7.98. The van der Waals surface area contributed by atoms with Crippen LogP contribution >= 0.6 is 0 Å². The van der Waals surface area contributed by atoms with E-state index in [1.54, 1.807) is 6.08 Å². The van der Waals surface area contributed by atoms with Crippen molar-refractivity contribution in [3.8, 4) is 0 Å². The molecule has 0 aliphatic carbocycles. The van der Waals surface area contributed by atoms with E-state index in [-0.39, 0.29) is 0 Å². The van der Waals surface area contributed by atoms with E-state index in [4.69, 9.17) is 11.1 Å². The number of hydrogen-bond acceptors (Lipinski definition) is 2. The highest BCUT2D eigenvalue weighted by molar-refractivity contribution is 5.72.